The number of amides is 1. The average molecular weight is 494 g/mol. The van der Waals surface area contributed by atoms with Gasteiger partial charge in [-0.15, -0.1) is 0 Å². The van der Waals surface area contributed by atoms with Gasteiger partial charge >= 0.3 is 6.18 Å². The van der Waals surface area contributed by atoms with E-state index in [2.05, 4.69) is 10.4 Å². The van der Waals surface area contributed by atoms with E-state index >= 15 is 0 Å². The van der Waals surface area contributed by atoms with E-state index in [0.29, 0.717) is 37.7 Å². The number of ether oxygens (including phenoxy) is 1. The van der Waals surface area contributed by atoms with E-state index in [1.165, 1.54) is 12.1 Å². The Kier molecular flexibility index (Phi) is 6.19. The number of hydrogen-bond acceptors (Lipinski definition) is 5. The summed E-state index contributed by atoms with van der Waals surface area (Å²) in [4.78, 5) is 28.1. The second-order valence-corrected chi connectivity index (χ2v) is 8.23. The summed E-state index contributed by atoms with van der Waals surface area (Å²) in [5.41, 5.74) is -1.16. The van der Waals surface area contributed by atoms with Crippen LogP contribution >= 0.6 is 0 Å². The molecule has 0 bridgehead atoms. The molecular weight excluding hydrogens is 473 g/mol. The Balaban J connectivity index is 1.57. The van der Waals surface area contributed by atoms with Crippen LogP contribution in [0.2, 0.25) is 0 Å². The quantitative estimate of drug-likeness (QED) is 0.452. The smallest absolute Gasteiger partial charge is 0.378 e. The molecule has 0 saturated carbocycles. The van der Waals surface area contributed by atoms with Gasteiger partial charge < -0.3 is 15.0 Å². The number of carbonyl (C=O) groups is 1. The van der Waals surface area contributed by atoms with E-state index < -0.39 is 28.9 Å². The molecule has 36 heavy (non-hydrogen) atoms. The second kappa shape index (κ2) is 9.46. The molecule has 2 heterocycles. The molecule has 0 radical (unpaired) electrons. The highest BCUT2D eigenvalue weighted by Gasteiger charge is 2.35. The largest absolute Gasteiger partial charge is 0.418 e. The number of para-hydroxylation sites is 1. The molecular formula is C26H21F3N4O3. The van der Waals surface area contributed by atoms with Gasteiger partial charge in [-0.25, -0.2) is 0 Å². The van der Waals surface area contributed by atoms with Crippen LogP contribution < -0.4 is 15.8 Å². The Hall–Kier alpha value is -4.18. The molecule has 5 rings (SSSR count). The molecule has 0 unspecified atom stereocenters. The molecule has 0 aliphatic carbocycles. The summed E-state index contributed by atoms with van der Waals surface area (Å²) in [6, 6.07) is 18.7. The molecule has 1 aromatic heterocycles. The predicted molar refractivity (Wildman–Crippen MR) is 130 cm³/mol. The lowest BCUT2D eigenvalue weighted by atomic mass is 10.1. The van der Waals surface area contributed by atoms with Crippen LogP contribution in [0, 0.1) is 0 Å². The van der Waals surface area contributed by atoms with Crippen LogP contribution in [0.4, 0.5) is 24.5 Å². The number of fused-ring (bicyclic) bond motifs is 1. The van der Waals surface area contributed by atoms with Crippen LogP contribution in [-0.4, -0.2) is 42.0 Å². The third kappa shape index (κ3) is 4.55. The number of anilines is 2. The van der Waals surface area contributed by atoms with Crippen LogP contribution in [0.3, 0.4) is 0 Å². The predicted octanol–water partition coefficient (Wildman–Crippen LogP) is 4.49. The van der Waals surface area contributed by atoms with Gasteiger partial charge in [0.05, 0.1) is 35.5 Å². The minimum absolute atomic E-state index is 0.167. The van der Waals surface area contributed by atoms with Gasteiger partial charge in [-0.3, -0.25) is 9.59 Å². The highest BCUT2D eigenvalue weighted by Crippen LogP contribution is 2.38. The van der Waals surface area contributed by atoms with E-state index in [4.69, 9.17) is 4.74 Å². The number of morpholine rings is 1. The van der Waals surface area contributed by atoms with Crippen molar-refractivity contribution in [1.82, 2.24) is 9.78 Å². The van der Waals surface area contributed by atoms with Crippen molar-refractivity contribution in [3.63, 3.8) is 0 Å². The van der Waals surface area contributed by atoms with Gasteiger partial charge in [0.25, 0.3) is 11.5 Å². The van der Waals surface area contributed by atoms with Gasteiger partial charge in [-0.1, -0.05) is 36.4 Å². The molecule has 4 aromatic rings. The number of nitrogens with zero attached hydrogens (tertiary/aromatic N) is 3. The third-order valence-electron chi connectivity index (χ3n) is 5.95. The van der Waals surface area contributed by atoms with Crippen LogP contribution in [-0.2, 0) is 10.9 Å². The van der Waals surface area contributed by atoms with E-state index in [1.807, 2.05) is 0 Å². The maximum Gasteiger partial charge on any atom is 0.418 e. The molecule has 1 aliphatic heterocycles. The number of alkyl halides is 3. The second-order valence-electron chi connectivity index (χ2n) is 8.23. The number of benzene rings is 3. The van der Waals surface area contributed by atoms with Crippen LogP contribution in [0.1, 0.15) is 16.1 Å². The van der Waals surface area contributed by atoms with Gasteiger partial charge in [-0.05, 0) is 36.4 Å². The lowest BCUT2D eigenvalue weighted by molar-refractivity contribution is -0.136. The highest BCUT2D eigenvalue weighted by molar-refractivity contribution is 6.11. The van der Waals surface area contributed by atoms with E-state index in [9.17, 15) is 22.8 Å². The first-order valence-corrected chi connectivity index (χ1v) is 11.3. The summed E-state index contributed by atoms with van der Waals surface area (Å²) in [7, 11) is 0. The van der Waals surface area contributed by atoms with E-state index in [-0.39, 0.29) is 16.5 Å². The summed E-state index contributed by atoms with van der Waals surface area (Å²) in [6.07, 6.45) is -4.71. The summed E-state index contributed by atoms with van der Waals surface area (Å²) >= 11 is 0. The van der Waals surface area contributed by atoms with Crippen molar-refractivity contribution < 1.29 is 22.7 Å². The average Bonchev–Trinajstić information content (AvgIpc) is 2.89. The maximum atomic E-state index is 14.0. The Labute approximate surface area is 203 Å². The van der Waals surface area contributed by atoms with Crippen LogP contribution in [0.15, 0.2) is 77.6 Å². The van der Waals surface area contributed by atoms with Crippen molar-refractivity contribution in [2.45, 2.75) is 6.18 Å². The monoisotopic (exact) mass is 494 g/mol. The zero-order chi connectivity index (χ0) is 25.3. The lowest BCUT2D eigenvalue weighted by Crippen LogP contribution is -2.36. The highest BCUT2D eigenvalue weighted by atomic mass is 19.4. The zero-order valence-electron chi connectivity index (χ0n) is 19.0. The SMILES string of the molecule is O=C(Nc1ccc(N2CCOCC2)cc1C(F)(F)F)c1nn(-c2ccccc2)c(=O)c2ccccc12. The molecule has 1 N–H and O–H groups in total. The number of hydrogen-bond donors (Lipinski definition) is 1. The summed E-state index contributed by atoms with van der Waals surface area (Å²) in [5, 5.41) is 7.08. The molecule has 1 aliphatic rings. The number of carbonyl (C=O) groups excluding carboxylic acids is 1. The Bertz CT molecular complexity index is 1480. The molecule has 184 valence electrons. The van der Waals surface area contributed by atoms with Gasteiger partial charge in [0.2, 0.25) is 0 Å². The maximum absolute atomic E-state index is 14.0. The van der Waals surface area contributed by atoms with E-state index in [0.717, 1.165) is 10.7 Å². The zero-order valence-corrected chi connectivity index (χ0v) is 19.0. The molecule has 0 spiro atoms. The number of halogens is 3. The molecule has 1 amide bonds. The number of nitrogens with one attached hydrogen (secondary N) is 1. The van der Waals surface area contributed by atoms with Gasteiger partial charge in [0.15, 0.2) is 5.69 Å². The summed E-state index contributed by atoms with van der Waals surface area (Å²) in [5.74, 6) is -0.861. The minimum atomic E-state index is -4.71. The molecule has 7 nitrogen and oxygen atoms in total. The van der Waals surface area contributed by atoms with Gasteiger partial charge in [-0.2, -0.15) is 23.0 Å². The van der Waals surface area contributed by atoms with Gasteiger partial charge in [0, 0.05) is 24.2 Å². The van der Waals surface area contributed by atoms with Crippen molar-refractivity contribution in [3.8, 4) is 5.69 Å². The molecule has 0 atom stereocenters. The first kappa shape index (κ1) is 23.6. The normalized spacial score (nSPS) is 14.1. The Morgan fingerprint density at radius 2 is 1.56 bits per heavy atom. The van der Waals surface area contributed by atoms with Crippen LogP contribution in [0.25, 0.3) is 16.5 Å². The van der Waals surface area contributed by atoms with Crippen molar-refractivity contribution in [1.29, 1.82) is 0 Å². The summed E-state index contributed by atoms with van der Waals surface area (Å²) in [6.45, 7) is 1.80. The molecule has 1 saturated heterocycles. The van der Waals surface area contributed by atoms with E-state index in [1.54, 1.807) is 59.5 Å². The number of aromatic nitrogens is 2. The fourth-order valence-electron chi connectivity index (χ4n) is 4.18. The summed E-state index contributed by atoms with van der Waals surface area (Å²) < 4.78 is 48.3. The van der Waals surface area contributed by atoms with Crippen LogP contribution in [0.5, 0.6) is 0 Å². The standard InChI is InChI=1S/C26H21F3N4O3/c27-26(28,29)21-16-18(32-12-14-36-15-13-32)10-11-22(21)30-24(34)23-19-8-4-5-9-20(19)25(35)33(31-23)17-6-2-1-3-7-17/h1-11,16H,12-15H2,(H,30,34). The topological polar surface area (TPSA) is 76.5 Å². The van der Waals surface area contributed by atoms with Gasteiger partial charge in [0.1, 0.15) is 0 Å². The molecule has 3 aromatic carbocycles. The van der Waals surface area contributed by atoms with Crippen molar-refractivity contribution in [3.05, 3.63) is 94.4 Å². The Morgan fingerprint density at radius 1 is 0.889 bits per heavy atom. The third-order valence-corrected chi connectivity index (χ3v) is 5.95. The van der Waals surface area contributed by atoms with Crippen molar-refractivity contribution in [2.75, 3.05) is 36.5 Å². The lowest BCUT2D eigenvalue weighted by Gasteiger charge is -2.29. The fraction of sp³-hybridized carbons (Fsp3) is 0.192. The Morgan fingerprint density at radius 3 is 2.25 bits per heavy atom. The molecule has 1 fully saturated rings. The molecule has 10 heteroatoms. The number of rotatable bonds is 4. The minimum Gasteiger partial charge on any atom is -0.378 e. The first-order valence-electron chi connectivity index (χ1n) is 11.3. The van der Waals surface area contributed by atoms with Crippen molar-refractivity contribution >= 4 is 28.1 Å². The van der Waals surface area contributed by atoms with Crippen molar-refractivity contribution in [2.24, 2.45) is 0 Å². The fourth-order valence-corrected chi connectivity index (χ4v) is 4.18. The first-order chi connectivity index (χ1) is 17.3.